The van der Waals surface area contributed by atoms with Crippen LogP contribution < -0.4 is 15.8 Å². The molecule has 0 saturated heterocycles. The lowest BCUT2D eigenvalue weighted by Crippen LogP contribution is -2.24. The van der Waals surface area contributed by atoms with Crippen molar-refractivity contribution in [3.8, 4) is 5.75 Å². The number of nitrogens with zero attached hydrogens (tertiary/aromatic N) is 1. The van der Waals surface area contributed by atoms with Crippen LogP contribution in [0.5, 0.6) is 5.75 Å². The lowest BCUT2D eigenvalue weighted by Gasteiger charge is -2.06. The molecule has 132 valence electrons. The van der Waals surface area contributed by atoms with Crippen LogP contribution in [0, 0.1) is 13.8 Å². The van der Waals surface area contributed by atoms with Gasteiger partial charge < -0.3 is 9.15 Å². The second kappa shape index (κ2) is 7.65. The summed E-state index contributed by atoms with van der Waals surface area (Å²) >= 11 is 0. The SMILES string of the molecule is Cc1cccc(/C=N\NC(=O)COc2ccc3c(C)cc(=O)oc3c2)c1. The summed E-state index contributed by atoms with van der Waals surface area (Å²) in [5.41, 5.74) is 5.24. The minimum Gasteiger partial charge on any atom is -0.484 e. The fourth-order valence-electron chi connectivity index (χ4n) is 2.51. The van der Waals surface area contributed by atoms with E-state index >= 15 is 0 Å². The Morgan fingerprint density at radius 3 is 2.85 bits per heavy atom. The number of ether oxygens (including phenoxy) is 1. The summed E-state index contributed by atoms with van der Waals surface area (Å²) in [5, 5.41) is 4.73. The number of hydrazone groups is 1. The lowest BCUT2D eigenvalue weighted by atomic mass is 10.1. The molecule has 0 aliphatic heterocycles. The van der Waals surface area contributed by atoms with Gasteiger partial charge in [0.2, 0.25) is 0 Å². The van der Waals surface area contributed by atoms with Crippen LogP contribution in [0.3, 0.4) is 0 Å². The molecule has 1 heterocycles. The maximum absolute atomic E-state index is 11.8. The molecule has 26 heavy (non-hydrogen) atoms. The van der Waals surface area contributed by atoms with Gasteiger partial charge in [0.25, 0.3) is 5.91 Å². The maximum atomic E-state index is 11.8. The van der Waals surface area contributed by atoms with Gasteiger partial charge in [0, 0.05) is 17.5 Å². The standard InChI is InChI=1S/C20H18N2O4/c1-13-4-3-5-15(8-13)11-21-22-19(23)12-25-16-6-7-17-14(2)9-20(24)26-18(17)10-16/h3-11H,12H2,1-2H3,(H,22,23)/b21-11-. The summed E-state index contributed by atoms with van der Waals surface area (Å²) in [6.07, 6.45) is 1.57. The van der Waals surface area contributed by atoms with Crippen LogP contribution in [0.1, 0.15) is 16.7 Å². The predicted molar refractivity (Wildman–Crippen MR) is 99.6 cm³/mol. The van der Waals surface area contributed by atoms with E-state index in [2.05, 4.69) is 10.5 Å². The number of carbonyl (C=O) groups is 1. The van der Waals surface area contributed by atoms with Crippen LogP contribution in [-0.2, 0) is 4.79 Å². The Bertz CT molecular complexity index is 1040. The first kappa shape index (κ1) is 17.4. The highest BCUT2D eigenvalue weighted by Crippen LogP contribution is 2.22. The zero-order valence-electron chi connectivity index (χ0n) is 14.5. The highest BCUT2D eigenvalue weighted by atomic mass is 16.5. The summed E-state index contributed by atoms with van der Waals surface area (Å²) in [6, 6.07) is 14.3. The van der Waals surface area contributed by atoms with Crippen LogP contribution in [0.25, 0.3) is 11.0 Å². The average molecular weight is 350 g/mol. The van der Waals surface area contributed by atoms with Gasteiger partial charge in [-0.25, -0.2) is 10.2 Å². The molecule has 0 saturated carbocycles. The fraction of sp³-hybridized carbons (Fsp3) is 0.150. The highest BCUT2D eigenvalue weighted by Gasteiger charge is 2.06. The van der Waals surface area contributed by atoms with Gasteiger partial charge >= 0.3 is 5.63 Å². The maximum Gasteiger partial charge on any atom is 0.336 e. The number of hydrogen-bond donors (Lipinski definition) is 1. The fourth-order valence-corrected chi connectivity index (χ4v) is 2.51. The second-order valence-corrected chi connectivity index (χ2v) is 5.90. The van der Waals surface area contributed by atoms with Crippen LogP contribution in [0.4, 0.5) is 0 Å². The van der Waals surface area contributed by atoms with E-state index < -0.39 is 5.63 Å². The molecule has 0 aliphatic carbocycles. The quantitative estimate of drug-likeness (QED) is 0.436. The van der Waals surface area contributed by atoms with Crippen LogP contribution in [0.15, 0.2) is 62.8 Å². The number of rotatable bonds is 5. The molecule has 1 N–H and O–H groups in total. The third kappa shape index (κ3) is 4.36. The van der Waals surface area contributed by atoms with Crippen molar-refractivity contribution in [2.24, 2.45) is 5.10 Å². The molecule has 0 bridgehead atoms. The summed E-state index contributed by atoms with van der Waals surface area (Å²) in [4.78, 5) is 23.3. The van der Waals surface area contributed by atoms with Gasteiger partial charge in [-0.15, -0.1) is 0 Å². The molecular formula is C20H18N2O4. The van der Waals surface area contributed by atoms with Crippen molar-refractivity contribution < 1.29 is 13.9 Å². The number of carbonyl (C=O) groups excluding carboxylic acids is 1. The van der Waals surface area contributed by atoms with Gasteiger partial charge in [0.05, 0.1) is 6.21 Å². The number of aryl methyl sites for hydroxylation is 2. The van der Waals surface area contributed by atoms with Gasteiger partial charge in [-0.3, -0.25) is 4.79 Å². The van der Waals surface area contributed by atoms with Crippen molar-refractivity contribution in [3.63, 3.8) is 0 Å². The first-order valence-electron chi connectivity index (χ1n) is 8.07. The summed E-state index contributed by atoms with van der Waals surface area (Å²) < 4.78 is 10.6. The molecule has 1 amide bonds. The van der Waals surface area contributed by atoms with E-state index in [0.717, 1.165) is 22.1 Å². The summed E-state index contributed by atoms with van der Waals surface area (Å²) in [6.45, 7) is 3.61. The van der Waals surface area contributed by atoms with E-state index in [4.69, 9.17) is 9.15 Å². The molecule has 0 aliphatic rings. The molecule has 3 aromatic rings. The molecule has 1 aromatic heterocycles. The van der Waals surface area contributed by atoms with Crippen LogP contribution in [-0.4, -0.2) is 18.7 Å². The minimum atomic E-state index is -0.421. The number of hydrogen-bond acceptors (Lipinski definition) is 5. The van der Waals surface area contributed by atoms with Gasteiger partial charge in [-0.1, -0.05) is 29.8 Å². The summed E-state index contributed by atoms with van der Waals surface area (Å²) in [5.74, 6) is 0.0451. The zero-order valence-corrected chi connectivity index (χ0v) is 14.5. The summed E-state index contributed by atoms with van der Waals surface area (Å²) in [7, 11) is 0. The van der Waals surface area contributed by atoms with Crippen molar-refractivity contribution in [1.82, 2.24) is 5.43 Å². The van der Waals surface area contributed by atoms with Crippen LogP contribution >= 0.6 is 0 Å². The van der Waals surface area contributed by atoms with E-state index in [9.17, 15) is 9.59 Å². The van der Waals surface area contributed by atoms with Crippen molar-refractivity contribution in [3.05, 3.63) is 75.6 Å². The van der Waals surface area contributed by atoms with E-state index in [-0.39, 0.29) is 12.5 Å². The van der Waals surface area contributed by atoms with Crippen molar-refractivity contribution in [1.29, 1.82) is 0 Å². The Kier molecular flexibility index (Phi) is 5.12. The Labute approximate surface area is 150 Å². The Hall–Kier alpha value is -3.41. The molecule has 3 rings (SSSR count). The highest BCUT2D eigenvalue weighted by molar-refractivity contribution is 5.83. The first-order chi connectivity index (χ1) is 12.5. The monoisotopic (exact) mass is 350 g/mol. The number of benzene rings is 2. The number of nitrogens with one attached hydrogen (secondary N) is 1. The Balaban J connectivity index is 1.59. The second-order valence-electron chi connectivity index (χ2n) is 5.90. The van der Waals surface area contributed by atoms with E-state index in [1.54, 1.807) is 24.4 Å². The van der Waals surface area contributed by atoms with Gasteiger partial charge in [-0.2, -0.15) is 5.10 Å². The van der Waals surface area contributed by atoms with Crippen molar-refractivity contribution >= 4 is 23.1 Å². The third-order valence-electron chi connectivity index (χ3n) is 3.74. The van der Waals surface area contributed by atoms with E-state index in [1.807, 2.05) is 38.1 Å². The van der Waals surface area contributed by atoms with Crippen molar-refractivity contribution in [2.45, 2.75) is 13.8 Å². The van der Waals surface area contributed by atoms with Gasteiger partial charge in [0.1, 0.15) is 11.3 Å². The molecule has 6 nitrogen and oxygen atoms in total. The van der Waals surface area contributed by atoms with E-state index in [1.165, 1.54) is 6.07 Å². The van der Waals surface area contributed by atoms with Gasteiger partial charge in [-0.05, 0) is 37.1 Å². The molecule has 0 unspecified atom stereocenters. The largest absolute Gasteiger partial charge is 0.484 e. The third-order valence-corrected chi connectivity index (χ3v) is 3.74. The number of amides is 1. The Morgan fingerprint density at radius 1 is 1.19 bits per heavy atom. The molecular weight excluding hydrogens is 332 g/mol. The molecule has 0 radical (unpaired) electrons. The first-order valence-corrected chi connectivity index (χ1v) is 8.07. The predicted octanol–water partition coefficient (Wildman–Crippen LogP) is 2.94. The molecule has 0 atom stereocenters. The van der Waals surface area contributed by atoms with Crippen molar-refractivity contribution in [2.75, 3.05) is 6.61 Å². The number of fused-ring (bicyclic) bond motifs is 1. The average Bonchev–Trinajstić information content (AvgIpc) is 2.59. The molecule has 0 spiro atoms. The normalized spacial score (nSPS) is 11.0. The minimum absolute atomic E-state index is 0.202. The molecule has 6 heteroatoms. The van der Waals surface area contributed by atoms with Gasteiger partial charge in [0.15, 0.2) is 6.61 Å². The van der Waals surface area contributed by atoms with E-state index in [0.29, 0.717) is 11.3 Å². The lowest BCUT2D eigenvalue weighted by molar-refractivity contribution is -0.123. The molecule has 0 fully saturated rings. The topological polar surface area (TPSA) is 80.9 Å². The molecule has 2 aromatic carbocycles. The smallest absolute Gasteiger partial charge is 0.336 e. The van der Waals surface area contributed by atoms with Crippen LogP contribution in [0.2, 0.25) is 0 Å². The zero-order chi connectivity index (χ0) is 18.5. The Morgan fingerprint density at radius 2 is 2.04 bits per heavy atom.